The first-order valence-electron chi connectivity index (χ1n) is 9.30. The number of halogens is 2. The summed E-state index contributed by atoms with van der Waals surface area (Å²) in [6.45, 7) is -0.455. The van der Waals surface area contributed by atoms with Gasteiger partial charge in [-0.2, -0.15) is 5.10 Å². The van der Waals surface area contributed by atoms with Crippen LogP contribution in [0.25, 0.3) is 0 Å². The molecule has 0 spiro atoms. The lowest BCUT2D eigenvalue weighted by molar-refractivity contribution is -0.119. The largest absolute Gasteiger partial charge is 0.457 e. The minimum atomic E-state index is -3.73. The SMILES string of the molecule is CS(=O)(=O)N(CC(=O)N/N=C\c1ccc(Cl)cc1Cl)c1ccc(Oc2ccccc2)cc1. The number of carbonyl (C=O) groups is 1. The number of carbonyl (C=O) groups excluding carboxylic acids is 1. The molecule has 3 aromatic carbocycles. The van der Waals surface area contributed by atoms with Crippen LogP contribution in [0, 0.1) is 0 Å². The van der Waals surface area contributed by atoms with Crippen molar-refractivity contribution in [3.8, 4) is 11.5 Å². The molecule has 0 atom stereocenters. The number of hydrazone groups is 1. The molecule has 0 radical (unpaired) electrons. The third-order valence-corrected chi connectivity index (χ3v) is 5.85. The van der Waals surface area contributed by atoms with Crippen LogP contribution < -0.4 is 14.5 Å². The van der Waals surface area contributed by atoms with E-state index < -0.39 is 22.5 Å². The van der Waals surface area contributed by atoms with E-state index >= 15 is 0 Å². The van der Waals surface area contributed by atoms with Crippen LogP contribution in [0.1, 0.15) is 5.56 Å². The fourth-order valence-corrected chi connectivity index (χ4v) is 3.96. The Bertz CT molecular complexity index is 1220. The van der Waals surface area contributed by atoms with Gasteiger partial charge in [0.2, 0.25) is 10.0 Å². The highest BCUT2D eigenvalue weighted by atomic mass is 35.5. The number of hydrogen-bond acceptors (Lipinski definition) is 5. The lowest BCUT2D eigenvalue weighted by atomic mass is 10.2. The number of ether oxygens (including phenoxy) is 1. The van der Waals surface area contributed by atoms with Gasteiger partial charge in [0.25, 0.3) is 5.91 Å². The first-order valence-corrected chi connectivity index (χ1v) is 11.9. The molecule has 0 aliphatic rings. The molecule has 32 heavy (non-hydrogen) atoms. The summed E-state index contributed by atoms with van der Waals surface area (Å²) in [7, 11) is -3.73. The van der Waals surface area contributed by atoms with Crippen LogP contribution in [-0.2, 0) is 14.8 Å². The quantitative estimate of drug-likeness (QED) is 0.365. The molecular weight excluding hydrogens is 473 g/mol. The van der Waals surface area contributed by atoms with Gasteiger partial charge in [-0.15, -0.1) is 0 Å². The molecule has 0 unspecified atom stereocenters. The predicted octanol–water partition coefficient (Wildman–Crippen LogP) is 4.70. The van der Waals surface area contributed by atoms with Crippen molar-refractivity contribution < 1.29 is 17.9 Å². The number of nitrogens with zero attached hydrogens (tertiary/aromatic N) is 2. The van der Waals surface area contributed by atoms with Gasteiger partial charge in [0.1, 0.15) is 18.0 Å². The van der Waals surface area contributed by atoms with E-state index in [2.05, 4.69) is 10.5 Å². The van der Waals surface area contributed by atoms with E-state index in [1.165, 1.54) is 6.21 Å². The van der Waals surface area contributed by atoms with E-state index in [1.54, 1.807) is 54.6 Å². The van der Waals surface area contributed by atoms with Gasteiger partial charge in [-0.25, -0.2) is 13.8 Å². The molecular formula is C22H19Cl2N3O4S. The Kier molecular flexibility index (Phi) is 7.74. The molecule has 0 heterocycles. The zero-order valence-corrected chi connectivity index (χ0v) is 19.2. The highest BCUT2D eigenvalue weighted by Crippen LogP contribution is 2.25. The number of para-hydroxylation sites is 1. The van der Waals surface area contributed by atoms with E-state index in [-0.39, 0.29) is 0 Å². The number of rotatable bonds is 8. The number of amides is 1. The molecule has 0 bridgehead atoms. The summed E-state index contributed by atoms with van der Waals surface area (Å²) in [6.07, 6.45) is 2.36. The summed E-state index contributed by atoms with van der Waals surface area (Å²) in [5.74, 6) is 0.557. The van der Waals surface area contributed by atoms with Gasteiger partial charge in [0.05, 0.1) is 23.2 Å². The van der Waals surface area contributed by atoms with E-state index in [0.29, 0.717) is 32.8 Å². The number of hydrogen-bond donors (Lipinski definition) is 1. The fraction of sp³-hybridized carbons (Fsp3) is 0.0909. The minimum absolute atomic E-state index is 0.313. The first-order chi connectivity index (χ1) is 15.2. The number of anilines is 1. The molecule has 3 rings (SSSR count). The summed E-state index contributed by atoms with van der Waals surface area (Å²) in [5, 5.41) is 4.67. The number of nitrogens with one attached hydrogen (secondary N) is 1. The van der Waals surface area contributed by atoms with Crippen LogP contribution >= 0.6 is 23.2 Å². The summed E-state index contributed by atoms with van der Waals surface area (Å²) < 4.78 is 31.2. The maximum absolute atomic E-state index is 12.3. The standard InChI is InChI=1S/C22H19Cl2N3O4S/c1-32(29,30)27(15-22(28)26-25-14-16-7-8-17(23)13-21(16)24)18-9-11-20(12-10-18)31-19-5-3-2-4-6-19/h2-14H,15H2,1H3,(H,26,28)/b25-14-. The molecule has 166 valence electrons. The van der Waals surface area contributed by atoms with Crippen LogP contribution in [0.3, 0.4) is 0 Å². The molecule has 0 saturated carbocycles. The topological polar surface area (TPSA) is 88.1 Å². The minimum Gasteiger partial charge on any atom is -0.457 e. The molecule has 0 fully saturated rings. The second-order valence-corrected chi connectivity index (χ2v) is 9.39. The molecule has 0 aromatic heterocycles. The van der Waals surface area contributed by atoms with Crippen molar-refractivity contribution in [1.82, 2.24) is 5.43 Å². The Hall–Kier alpha value is -3.07. The maximum atomic E-state index is 12.3. The average Bonchev–Trinajstić information content (AvgIpc) is 2.74. The normalized spacial score (nSPS) is 11.3. The Labute approximate surface area is 196 Å². The fourth-order valence-electron chi connectivity index (χ4n) is 2.65. The van der Waals surface area contributed by atoms with E-state index in [1.807, 2.05) is 18.2 Å². The highest BCUT2D eigenvalue weighted by Gasteiger charge is 2.20. The highest BCUT2D eigenvalue weighted by molar-refractivity contribution is 7.92. The molecule has 0 aliphatic carbocycles. The van der Waals surface area contributed by atoms with Crippen molar-refractivity contribution in [2.24, 2.45) is 5.10 Å². The smallest absolute Gasteiger partial charge is 0.260 e. The first kappa shape index (κ1) is 23.6. The summed E-state index contributed by atoms with van der Waals surface area (Å²) in [6, 6.07) is 20.4. The second-order valence-electron chi connectivity index (χ2n) is 6.64. The number of sulfonamides is 1. The summed E-state index contributed by atoms with van der Waals surface area (Å²) >= 11 is 11.9. The van der Waals surface area contributed by atoms with E-state index in [4.69, 9.17) is 27.9 Å². The van der Waals surface area contributed by atoms with Crippen molar-refractivity contribution in [3.05, 3.63) is 88.4 Å². The van der Waals surface area contributed by atoms with Crippen molar-refractivity contribution >= 4 is 51.0 Å². The predicted molar refractivity (Wildman–Crippen MR) is 127 cm³/mol. The van der Waals surface area contributed by atoms with Gasteiger partial charge in [0.15, 0.2) is 0 Å². The van der Waals surface area contributed by atoms with E-state index in [0.717, 1.165) is 10.6 Å². The van der Waals surface area contributed by atoms with Crippen molar-refractivity contribution in [2.45, 2.75) is 0 Å². The molecule has 1 amide bonds. The lowest BCUT2D eigenvalue weighted by Gasteiger charge is -2.21. The molecule has 0 aliphatic heterocycles. The van der Waals surface area contributed by atoms with Crippen molar-refractivity contribution in [3.63, 3.8) is 0 Å². The molecule has 10 heteroatoms. The van der Waals surface area contributed by atoms with Crippen LogP contribution in [0.2, 0.25) is 10.0 Å². The third-order valence-electron chi connectivity index (χ3n) is 4.15. The van der Waals surface area contributed by atoms with Crippen molar-refractivity contribution in [1.29, 1.82) is 0 Å². The Morgan fingerprint density at radius 3 is 2.31 bits per heavy atom. The Balaban J connectivity index is 1.67. The van der Waals surface area contributed by atoms with Crippen LogP contribution in [0.5, 0.6) is 11.5 Å². The number of benzene rings is 3. The van der Waals surface area contributed by atoms with Crippen molar-refractivity contribution in [2.75, 3.05) is 17.1 Å². The second kappa shape index (κ2) is 10.5. The van der Waals surface area contributed by atoms with Gasteiger partial charge in [-0.1, -0.05) is 47.5 Å². The molecule has 0 saturated heterocycles. The van der Waals surface area contributed by atoms with Gasteiger partial charge >= 0.3 is 0 Å². The molecule has 7 nitrogen and oxygen atoms in total. The van der Waals surface area contributed by atoms with Crippen LogP contribution in [-0.4, -0.2) is 33.3 Å². The Morgan fingerprint density at radius 2 is 1.69 bits per heavy atom. The third kappa shape index (κ3) is 6.71. The lowest BCUT2D eigenvalue weighted by Crippen LogP contribution is -2.39. The average molecular weight is 492 g/mol. The van der Waals surface area contributed by atoms with Gasteiger partial charge in [-0.3, -0.25) is 9.10 Å². The Morgan fingerprint density at radius 1 is 1.03 bits per heavy atom. The summed E-state index contributed by atoms with van der Waals surface area (Å²) in [5.41, 5.74) is 3.16. The molecule has 3 aromatic rings. The van der Waals surface area contributed by atoms with E-state index in [9.17, 15) is 13.2 Å². The van der Waals surface area contributed by atoms with Gasteiger partial charge < -0.3 is 4.74 Å². The molecule has 1 N–H and O–H groups in total. The van der Waals surface area contributed by atoms with Gasteiger partial charge in [0, 0.05) is 10.6 Å². The monoisotopic (exact) mass is 491 g/mol. The van der Waals surface area contributed by atoms with Crippen LogP contribution in [0.4, 0.5) is 5.69 Å². The van der Waals surface area contributed by atoms with Crippen LogP contribution in [0.15, 0.2) is 77.9 Å². The zero-order chi connectivity index (χ0) is 23.1. The van der Waals surface area contributed by atoms with Gasteiger partial charge in [-0.05, 0) is 48.5 Å². The maximum Gasteiger partial charge on any atom is 0.260 e. The zero-order valence-electron chi connectivity index (χ0n) is 16.9. The summed E-state index contributed by atoms with van der Waals surface area (Å²) in [4.78, 5) is 12.3.